The summed E-state index contributed by atoms with van der Waals surface area (Å²) in [5.41, 5.74) is 0. The first kappa shape index (κ1) is 36.3. The monoisotopic (exact) mass is 646 g/mol. The van der Waals surface area contributed by atoms with Crippen LogP contribution in [0.4, 0.5) is 0 Å². The van der Waals surface area contributed by atoms with E-state index in [1.54, 1.807) is 0 Å². The Labute approximate surface area is 264 Å². The summed E-state index contributed by atoms with van der Waals surface area (Å²) in [5.74, 6) is 0. The summed E-state index contributed by atoms with van der Waals surface area (Å²) in [4.78, 5) is 0. The Morgan fingerprint density at radius 2 is 0.837 bits per heavy atom. The number of rotatable bonds is 14. The molecule has 3 N–H and O–H groups in total. The Kier molecular flexibility index (Phi) is 12.6. The molecule has 0 unspecified atom stereocenters. The van der Waals surface area contributed by atoms with E-state index in [9.17, 15) is 15.3 Å². The third kappa shape index (κ3) is 7.15. The van der Waals surface area contributed by atoms with Crippen LogP contribution < -0.4 is 10.4 Å². The third-order valence-electron chi connectivity index (χ3n) is 10.4. The summed E-state index contributed by atoms with van der Waals surface area (Å²) >= 11 is 0. The van der Waals surface area contributed by atoms with E-state index >= 15 is 0 Å². The van der Waals surface area contributed by atoms with Gasteiger partial charge in [0.15, 0.2) is 16.6 Å². The van der Waals surface area contributed by atoms with Gasteiger partial charge in [-0.25, -0.2) is 0 Å². The van der Waals surface area contributed by atoms with E-state index in [1.807, 2.05) is 36.4 Å². The van der Waals surface area contributed by atoms with Crippen molar-refractivity contribution in [2.75, 3.05) is 0 Å². The van der Waals surface area contributed by atoms with Crippen molar-refractivity contribution in [1.29, 1.82) is 0 Å². The number of aliphatic hydroxyl groups excluding tert-OH is 3. The number of hydrogen-bond acceptors (Lipinski definition) is 6. The van der Waals surface area contributed by atoms with Crippen LogP contribution in [-0.2, 0) is 13.3 Å². The second-order valence-electron chi connectivity index (χ2n) is 13.4. The Hall–Kier alpha value is -1.15. The summed E-state index contributed by atoms with van der Waals surface area (Å²) in [6, 6.07) is 25.8. The highest BCUT2D eigenvalue weighted by molar-refractivity contribution is 6.99. The van der Waals surface area contributed by atoms with Crippen molar-refractivity contribution in [2.45, 2.75) is 140 Å². The molecule has 1 saturated carbocycles. The first-order valence-electron chi connectivity index (χ1n) is 16.5. The molecule has 0 spiro atoms. The van der Waals surface area contributed by atoms with Crippen molar-refractivity contribution < 1.29 is 28.6 Å². The van der Waals surface area contributed by atoms with Gasteiger partial charge in [0.25, 0.3) is 8.32 Å². The molecule has 1 aliphatic rings. The average Bonchev–Trinajstić information content (AvgIpc) is 3.03. The van der Waals surface area contributed by atoms with E-state index < -0.39 is 61.6 Å². The fourth-order valence-electron chi connectivity index (χ4n) is 7.05. The van der Waals surface area contributed by atoms with Crippen molar-refractivity contribution in [3.05, 3.63) is 60.7 Å². The number of benzene rings is 2. The predicted octanol–water partition coefficient (Wildman–Crippen LogP) is 5.81. The van der Waals surface area contributed by atoms with Crippen molar-refractivity contribution in [2.24, 2.45) is 0 Å². The van der Waals surface area contributed by atoms with Gasteiger partial charge in [-0.2, -0.15) is 0 Å². The minimum absolute atomic E-state index is 0.368. The molecule has 0 aliphatic heterocycles. The molecule has 6 atom stereocenters. The van der Waals surface area contributed by atoms with Gasteiger partial charge in [-0.05, 0) is 51.7 Å². The van der Waals surface area contributed by atoms with E-state index in [-0.39, 0.29) is 5.04 Å². The lowest BCUT2D eigenvalue weighted by atomic mass is 9.85. The lowest BCUT2D eigenvalue weighted by Crippen LogP contribution is -2.74. The van der Waals surface area contributed by atoms with Gasteiger partial charge in [0.05, 0.1) is 0 Å². The molecule has 0 bridgehead atoms. The molecule has 1 aliphatic carbocycles. The molecule has 2 aromatic rings. The molecule has 0 heterocycles. The topological polar surface area (TPSA) is 88.4 Å². The number of hydrogen-bond donors (Lipinski definition) is 3. The van der Waals surface area contributed by atoms with Crippen molar-refractivity contribution >= 4 is 35.3 Å². The van der Waals surface area contributed by atoms with Crippen LogP contribution in [0.2, 0.25) is 41.3 Å². The van der Waals surface area contributed by atoms with Gasteiger partial charge in [-0.3, -0.25) is 0 Å². The van der Waals surface area contributed by atoms with Crippen LogP contribution in [0.5, 0.6) is 0 Å². The van der Waals surface area contributed by atoms with Gasteiger partial charge >= 0.3 is 0 Å². The summed E-state index contributed by atoms with van der Waals surface area (Å²) in [7, 11) is -7.66. The Morgan fingerprint density at radius 3 is 1.16 bits per heavy atom. The van der Waals surface area contributed by atoms with E-state index in [0.29, 0.717) is 0 Å². The van der Waals surface area contributed by atoms with Crippen LogP contribution in [-0.4, -0.2) is 76.9 Å². The zero-order valence-electron chi connectivity index (χ0n) is 28.0. The Balaban J connectivity index is 2.21. The third-order valence-corrected chi connectivity index (χ3v) is 24.7. The highest BCUT2D eigenvalue weighted by Gasteiger charge is 2.59. The molecular formula is C34H58O6Si3. The molecule has 2 aromatic carbocycles. The van der Waals surface area contributed by atoms with E-state index in [2.05, 4.69) is 86.6 Å². The fourth-order valence-corrected chi connectivity index (χ4v) is 17.5. The summed E-state index contributed by atoms with van der Waals surface area (Å²) in [6.45, 7) is 19.4. The fraction of sp³-hybridized carbons (Fsp3) is 0.647. The number of aliphatic hydroxyl groups is 3. The molecule has 0 aromatic heterocycles. The molecule has 0 saturated heterocycles. The van der Waals surface area contributed by atoms with Gasteiger partial charge < -0.3 is 28.6 Å². The lowest BCUT2D eigenvalue weighted by molar-refractivity contribution is -0.210. The van der Waals surface area contributed by atoms with Crippen molar-refractivity contribution in [3.63, 3.8) is 0 Å². The van der Waals surface area contributed by atoms with Gasteiger partial charge in [0.1, 0.15) is 36.6 Å². The van der Waals surface area contributed by atoms with Crippen LogP contribution >= 0.6 is 0 Å². The summed E-state index contributed by atoms with van der Waals surface area (Å²) in [6.07, 6.45) is -6.48. The Bertz CT molecular complexity index is 1050. The van der Waals surface area contributed by atoms with E-state index in [1.165, 1.54) is 0 Å². The molecule has 9 heteroatoms. The van der Waals surface area contributed by atoms with Crippen LogP contribution in [0.3, 0.4) is 0 Å². The quantitative estimate of drug-likeness (QED) is 0.225. The van der Waals surface area contributed by atoms with Gasteiger partial charge in [0.2, 0.25) is 0 Å². The molecule has 242 valence electrons. The minimum Gasteiger partial charge on any atom is -0.408 e. The van der Waals surface area contributed by atoms with Gasteiger partial charge in [0, 0.05) is 0 Å². The minimum atomic E-state index is -3.16. The summed E-state index contributed by atoms with van der Waals surface area (Å²) in [5, 5.41) is 37.9. The average molecular weight is 647 g/mol. The largest absolute Gasteiger partial charge is 0.408 e. The highest BCUT2D eigenvalue weighted by atomic mass is 28.4. The maximum Gasteiger partial charge on any atom is 0.261 e. The second-order valence-corrected chi connectivity index (χ2v) is 27.1. The highest BCUT2D eigenvalue weighted by Crippen LogP contribution is 2.42. The molecule has 0 amide bonds. The molecule has 0 radical (unpaired) electrons. The molecular weight excluding hydrogens is 589 g/mol. The molecule has 43 heavy (non-hydrogen) atoms. The Morgan fingerprint density at radius 1 is 0.512 bits per heavy atom. The molecule has 6 nitrogen and oxygen atoms in total. The SMILES string of the molecule is CC[Si](CC)(CC)O[C@H]1[C@H](O)[C@@H](O)[C@H](O[Si](c2ccccc2)(c2ccccc2)C(C)(C)C)[C@H](O)[C@@H]1O[Si](CC)(CC)CC. The maximum atomic E-state index is 12.3. The van der Waals surface area contributed by atoms with E-state index in [4.69, 9.17) is 13.3 Å². The first-order valence-corrected chi connectivity index (χ1v) is 23.5. The van der Waals surface area contributed by atoms with Gasteiger partial charge in [-0.1, -0.05) is 123 Å². The smallest absolute Gasteiger partial charge is 0.261 e. The van der Waals surface area contributed by atoms with Crippen LogP contribution in [0.25, 0.3) is 0 Å². The normalized spacial score (nSPS) is 25.6. The predicted molar refractivity (Wildman–Crippen MR) is 185 cm³/mol. The van der Waals surface area contributed by atoms with Crippen LogP contribution in [0.15, 0.2) is 60.7 Å². The van der Waals surface area contributed by atoms with E-state index in [0.717, 1.165) is 46.6 Å². The van der Waals surface area contributed by atoms with Crippen LogP contribution in [0.1, 0.15) is 62.3 Å². The maximum absolute atomic E-state index is 12.3. The first-order chi connectivity index (χ1) is 20.3. The van der Waals surface area contributed by atoms with Gasteiger partial charge in [-0.15, -0.1) is 0 Å². The lowest BCUT2D eigenvalue weighted by Gasteiger charge is -2.53. The molecule has 3 rings (SSSR count). The second kappa shape index (κ2) is 15.0. The zero-order chi connectivity index (χ0) is 32.1. The standard InChI is InChI=1S/C34H58O6Si3/c1-10-41(11-2,12-3)38-32-29(36)28(35)31(30(37)33(32)39-42(13-4,14-5)15-6)40-43(34(7,8)9,26-22-18-16-19-23-26)27-24-20-17-21-25-27/h16-25,28-33,35-37H,10-15H2,1-9H3/t28-,29-,30+,31+,32+,33+/m1/s1. The zero-order valence-corrected chi connectivity index (χ0v) is 31.0. The summed E-state index contributed by atoms with van der Waals surface area (Å²) < 4.78 is 21.2. The molecule has 1 fully saturated rings. The van der Waals surface area contributed by atoms with Crippen LogP contribution in [0, 0.1) is 0 Å². The van der Waals surface area contributed by atoms with Crippen molar-refractivity contribution in [3.8, 4) is 0 Å². The van der Waals surface area contributed by atoms with Crippen molar-refractivity contribution in [1.82, 2.24) is 0 Å².